The third-order valence-corrected chi connectivity index (χ3v) is 3.60. The Kier molecular flexibility index (Phi) is 5.40. The molecule has 5 heteroatoms. The Morgan fingerprint density at radius 3 is 2.64 bits per heavy atom. The molecule has 2 rings (SSSR count). The number of nitrogens with zero attached hydrogens (tertiary/aromatic N) is 1. The minimum Gasteiger partial charge on any atom is -0.444 e. The molecular formula is C17H25FN2O2. The van der Waals surface area contributed by atoms with Crippen LogP contribution in [-0.2, 0) is 11.3 Å². The first-order chi connectivity index (χ1) is 10.3. The van der Waals surface area contributed by atoms with Gasteiger partial charge >= 0.3 is 6.09 Å². The molecule has 1 unspecified atom stereocenters. The zero-order chi connectivity index (χ0) is 16.2. The maximum absolute atomic E-state index is 14.3. The molecule has 0 bridgehead atoms. The largest absolute Gasteiger partial charge is 0.444 e. The predicted molar refractivity (Wildman–Crippen MR) is 84.4 cm³/mol. The first kappa shape index (κ1) is 16.7. The molecule has 1 saturated heterocycles. The van der Waals surface area contributed by atoms with Crippen LogP contribution in [0.1, 0.15) is 32.8 Å². The topological polar surface area (TPSA) is 41.6 Å². The standard InChI is InChI=1S/C17H25FN2O2/c1-17(2,3)22-16(21)20-10-9-15(14(18)12-20)19-11-13-7-5-4-6-8-13/h4-8,14-15,19H,9-12H2,1-3H3/t14-,15?/m1/s1. The first-order valence-corrected chi connectivity index (χ1v) is 7.74. The van der Waals surface area contributed by atoms with Crippen LogP contribution in [0, 0.1) is 0 Å². The minimum atomic E-state index is -1.08. The Labute approximate surface area is 131 Å². The van der Waals surface area contributed by atoms with E-state index in [1.807, 2.05) is 51.1 Å². The highest BCUT2D eigenvalue weighted by Gasteiger charge is 2.33. The zero-order valence-corrected chi connectivity index (χ0v) is 13.5. The van der Waals surface area contributed by atoms with Gasteiger partial charge < -0.3 is 15.0 Å². The zero-order valence-electron chi connectivity index (χ0n) is 13.5. The van der Waals surface area contributed by atoms with E-state index in [2.05, 4.69) is 5.32 Å². The molecule has 0 aromatic heterocycles. The van der Waals surface area contributed by atoms with Crippen molar-refractivity contribution in [3.05, 3.63) is 35.9 Å². The van der Waals surface area contributed by atoms with Crippen molar-refractivity contribution < 1.29 is 13.9 Å². The number of carbonyl (C=O) groups excluding carboxylic acids is 1. The van der Waals surface area contributed by atoms with Gasteiger partial charge in [-0.25, -0.2) is 9.18 Å². The van der Waals surface area contributed by atoms with Crippen molar-refractivity contribution in [3.63, 3.8) is 0 Å². The molecule has 0 radical (unpaired) electrons. The van der Waals surface area contributed by atoms with Crippen LogP contribution in [0.25, 0.3) is 0 Å². The number of hydrogen-bond acceptors (Lipinski definition) is 3. The molecule has 1 aliphatic rings. The molecule has 1 aromatic carbocycles. The van der Waals surface area contributed by atoms with Crippen LogP contribution in [0.15, 0.2) is 30.3 Å². The summed E-state index contributed by atoms with van der Waals surface area (Å²) in [5.41, 5.74) is 0.579. The normalized spacial score (nSPS) is 22.5. The van der Waals surface area contributed by atoms with Gasteiger partial charge in [-0.15, -0.1) is 0 Å². The Bertz CT molecular complexity index is 487. The molecule has 0 saturated carbocycles. The number of carbonyl (C=O) groups is 1. The molecule has 22 heavy (non-hydrogen) atoms. The molecule has 122 valence electrons. The molecule has 1 N–H and O–H groups in total. The lowest BCUT2D eigenvalue weighted by Crippen LogP contribution is -2.53. The van der Waals surface area contributed by atoms with Gasteiger partial charge in [0.05, 0.1) is 6.54 Å². The molecule has 1 aliphatic heterocycles. The van der Waals surface area contributed by atoms with E-state index < -0.39 is 17.9 Å². The molecule has 0 spiro atoms. The van der Waals surface area contributed by atoms with Gasteiger partial charge in [-0.1, -0.05) is 30.3 Å². The SMILES string of the molecule is CC(C)(C)OC(=O)N1CCC(NCc2ccccc2)[C@H](F)C1. The summed E-state index contributed by atoms with van der Waals surface area (Å²) in [7, 11) is 0. The van der Waals surface area contributed by atoms with Crippen molar-refractivity contribution in [1.82, 2.24) is 10.2 Å². The van der Waals surface area contributed by atoms with Crippen molar-refractivity contribution in [2.75, 3.05) is 13.1 Å². The van der Waals surface area contributed by atoms with Gasteiger partial charge in [0.25, 0.3) is 0 Å². The average molecular weight is 308 g/mol. The predicted octanol–water partition coefficient (Wildman–Crippen LogP) is 3.12. The van der Waals surface area contributed by atoms with Crippen LogP contribution in [0.2, 0.25) is 0 Å². The summed E-state index contributed by atoms with van der Waals surface area (Å²) >= 11 is 0. The summed E-state index contributed by atoms with van der Waals surface area (Å²) < 4.78 is 19.6. The molecule has 4 nitrogen and oxygen atoms in total. The average Bonchev–Trinajstić information content (AvgIpc) is 2.45. The van der Waals surface area contributed by atoms with Gasteiger partial charge in [0.2, 0.25) is 0 Å². The number of piperidine rings is 1. The van der Waals surface area contributed by atoms with E-state index in [1.54, 1.807) is 0 Å². The van der Waals surface area contributed by atoms with Gasteiger partial charge in [0, 0.05) is 19.1 Å². The highest BCUT2D eigenvalue weighted by atomic mass is 19.1. The third-order valence-electron chi connectivity index (χ3n) is 3.60. The highest BCUT2D eigenvalue weighted by Crippen LogP contribution is 2.18. The fourth-order valence-corrected chi connectivity index (χ4v) is 2.47. The molecule has 2 atom stereocenters. The summed E-state index contributed by atoms with van der Waals surface area (Å²) in [6.07, 6.45) is -0.922. The minimum absolute atomic E-state index is 0.0847. The molecule has 1 heterocycles. The van der Waals surface area contributed by atoms with Crippen LogP contribution in [0.4, 0.5) is 9.18 Å². The quantitative estimate of drug-likeness (QED) is 0.933. The monoisotopic (exact) mass is 308 g/mol. The summed E-state index contributed by atoms with van der Waals surface area (Å²) in [6.45, 7) is 6.67. The van der Waals surface area contributed by atoms with Gasteiger partial charge in [0.1, 0.15) is 11.8 Å². The van der Waals surface area contributed by atoms with Crippen molar-refractivity contribution in [1.29, 1.82) is 0 Å². The maximum atomic E-state index is 14.3. The van der Waals surface area contributed by atoms with Crippen molar-refractivity contribution in [2.45, 2.75) is 51.6 Å². The summed E-state index contributed by atoms with van der Waals surface area (Å²) in [5, 5.41) is 3.24. The lowest BCUT2D eigenvalue weighted by molar-refractivity contribution is 0.00934. The van der Waals surface area contributed by atoms with Crippen molar-refractivity contribution in [3.8, 4) is 0 Å². The van der Waals surface area contributed by atoms with Crippen molar-refractivity contribution >= 4 is 6.09 Å². The van der Waals surface area contributed by atoms with Crippen LogP contribution >= 0.6 is 0 Å². The lowest BCUT2D eigenvalue weighted by Gasteiger charge is -2.36. The van der Waals surface area contributed by atoms with Gasteiger partial charge in [-0.3, -0.25) is 0 Å². The van der Waals surface area contributed by atoms with Gasteiger partial charge in [-0.2, -0.15) is 0 Å². The van der Waals surface area contributed by atoms with E-state index in [9.17, 15) is 9.18 Å². The Hall–Kier alpha value is -1.62. The number of alkyl halides is 1. The number of likely N-dealkylation sites (tertiary alicyclic amines) is 1. The van der Waals surface area contributed by atoms with E-state index in [-0.39, 0.29) is 12.6 Å². The van der Waals surface area contributed by atoms with Crippen LogP contribution in [0.5, 0.6) is 0 Å². The Morgan fingerprint density at radius 2 is 2.05 bits per heavy atom. The van der Waals surface area contributed by atoms with E-state index >= 15 is 0 Å². The number of amides is 1. The van der Waals surface area contributed by atoms with Gasteiger partial charge in [-0.05, 0) is 32.8 Å². The number of ether oxygens (including phenoxy) is 1. The number of rotatable bonds is 3. The fraction of sp³-hybridized carbons (Fsp3) is 0.588. The molecular weight excluding hydrogens is 283 g/mol. The number of nitrogens with one attached hydrogen (secondary N) is 1. The molecule has 1 fully saturated rings. The van der Waals surface area contributed by atoms with Crippen molar-refractivity contribution in [2.24, 2.45) is 0 Å². The second-order valence-corrected chi connectivity index (χ2v) is 6.70. The number of hydrogen-bond donors (Lipinski definition) is 1. The summed E-state index contributed by atoms with van der Waals surface area (Å²) in [4.78, 5) is 13.4. The number of halogens is 1. The van der Waals surface area contributed by atoms with Crippen LogP contribution < -0.4 is 5.32 Å². The van der Waals surface area contributed by atoms with E-state index in [4.69, 9.17) is 4.74 Å². The summed E-state index contributed by atoms with van der Waals surface area (Å²) in [6, 6.07) is 9.69. The van der Waals surface area contributed by atoms with E-state index in [1.165, 1.54) is 4.90 Å². The first-order valence-electron chi connectivity index (χ1n) is 7.74. The second kappa shape index (κ2) is 7.09. The Balaban J connectivity index is 1.81. The maximum Gasteiger partial charge on any atom is 0.410 e. The third kappa shape index (κ3) is 4.98. The number of benzene rings is 1. The highest BCUT2D eigenvalue weighted by molar-refractivity contribution is 5.68. The van der Waals surface area contributed by atoms with Crippen LogP contribution in [-0.4, -0.2) is 41.9 Å². The van der Waals surface area contributed by atoms with Gasteiger partial charge in [0.15, 0.2) is 0 Å². The van der Waals surface area contributed by atoms with E-state index in [0.29, 0.717) is 19.5 Å². The Morgan fingerprint density at radius 1 is 1.36 bits per heavy atom. The second-order valence-electron chi connectivity index (χ2n) is 6.70. The fourth-order valence-electron chi connectivity index (χ4n) is 2.47. The lowest BCUT2D eigenvalue weighted by atomic mass is 10.0. The van der Waals surface area contributed by atoms with E-state index in [0.717, 1.165) is 5.56 Å². The molecule has 0 aliphatic carbocycles. The molecule has 1 amide bonds. The smallest absolute Gasteiger partial charge is 0.410 e. The van der Waals surface area contributed by atoms with Crippen LogP contribution in [0.3, 0.4) is 0 Å². The summed E-state index contributed by atoms with van der Waals surface area (Å²) in [5.74, 6) is 0. The molecule has 1 aromatic rings.